The number of hydrogen-bond donors (Lipinski definition) is 3. The zero-order chi connectivity index (χ0) is 15.0. The number of benzene rings is 1. The van der Waals surface area contributed by atoms with Crippen molar-refractivity contribution in [3.63, 3.8) is 0 Å². The predicted octanol–water partition coefficient (Wildman–Crippen LogP) is 2.25. The van der Waals surface area contributed by atoms with Crippen LogP contribution in [-0.2, 0) is 0 Å². The van der Waals surface area contributed by atoms with Crippen LogP contribution in [0.1, 0.15) is 24.2 Å². The molecule has 4 N–H and O–H groups in total. The average Bonchev–Trinajstić information content (AvgIpc) is 2.42. The van der Waals surface area contributed by atoms with E-state index in [4.69, 9.17) is 17.3 Å². The van der Waals surface area contributed by atoms with Gasteiger partial charge in [0.05, 0.1) is 0 Å². The number of halogens is 2. The number of carbonyl (C=O) groups excluding carboxylic acids is 1. The van der Waals surface area contributed by atoms with Crippen molar-refractivity contribution in [1.82, 2.24) is 10.6 Å². The Morgan fingerprint density at radius 3 is 2.38 bits per heavy atom. The van der Waals surface area contributed by atoms with E-state index in [2.05, 4.69) is 29.5 Å². The topological polar surface area (TPSA) is 79.5 Å². The second kappa shape index (κ2) is 10.7. The molecule has 0 unspecified atom stereocenters. The zero-order valence-corrected chi connectivity index (χ0v) is 15.3. The largest absolute Gasteiger partial charge is 0.370 e. The van der Waals surface area contributed by atoms with Crippen LogP contribution in [0.15, 0.2) is 29.3 Å². The molecule has 0 fully saturated rings. The van der Waals surface area contributed by atoms with Crippen LogP contribution in [0.5, 0.6) is 0 Å². The van der Waals surface area contributed by atoms with Gasteiger partial charge in [0, 0.05) is 30.2 Å². The summed E-state index contributed by atoms with van der Waals surface area (Å²) < 4.78 is 0. The Morgan fingerprint density at radius 2 is 1.81 bits per heavy atom. The van der Waals surface area contributed by atoms with Gasteiger partial charge in [-0.25, -0.2) is 0 Å². The van der Waals surface area contributed by atoms with E-state index in [1.54, 1.807) is 24.3 Å². The number of nitrogens with two attached hydrogens (primary N) is 1. The summed E-state index contributed by atoms with van der Waals surface area (Å²) in [7, 11) is 0. The van der Waals surface area contributed by atoms with Crippen molar-refractivity contribution in [1.29, 1.82) is 0 Å². The van der Waals surface area contributed by atoms with E-state index < -0.39 is 0 Å². The van der Waals surface area contributed by atoms with Crippen LogP contribution in [0.2, 0.25) is 5.02 Å². The molecular formula is C14H22ClIN4O. The highest BCUT2D eigenvalue weighted by Crippen LogP contribution is 2.08. The molecule has 1 rings (SSSR count). The SMILES string of the molecule is CC(C)CN=C(N)NCCNC(=O)c1ccc(Cl)cc1.I. The first kappa shape index (κ1) is 20.0. The molecule has 7 heteroatoms. The van der Waals surface area contributed by atoms with Crippen molar-refractivity contribution in [2.45, 2.75) is 13.8 Å². The molecule has 0 saturated heterocycles. The standard InChI is InChI=1S/C14H21ClN4O.HI/c1-10(2)9-19-14(16)18-8-7-17-13(20)11-3-5-12(15)6-4-11;/h3-6,10H,7-9H2,1-2H3,(H,17,20)(H3,16,18,19);1H. The van der Waals surface area contributed by atoms with Gasteiger partial charge in [0.2, 0.25) is 0 Å². The van der Waals surface area contributed by atoms with Crippen LogP contribution in [0.4, 0.5) is 0 Å². The summed E-state index contributed by atoms with van der Waals surface area (Å²) in [5.74, 6) is 0.737. The monoisotopic (exact) mass is 424 g/mol. The summed E-state index contributed by atoms with van der Waals surface area (Å²) in [6.07, 6.45) is 0. The van der Waals surface area contributed by atoms with Gasteiger partial charge in [0.15, 0.2) is 5.96 Å². The molecule has 0 aliphatic heterocycles. The number of rotatable bonds is 6. The molecule has 21 heavy (non-hydrogen) atoms. The van der Waals surface area contributed by atoms with Crippen molar-refractivity contribution >= 4 is 47.4 Å². The normalized spacial score (nSPS) is 11.0. The van der Waals surface area contributed by atoms with Crippen molar-refractivity contribution in [3.8, 4) is 0 Å². The van der Waals surface area contributed by atoms with E-state index in [1.165, 1.54) is 0 Å². The molecule has 1 amide bonds. The van der Waals surface area contributed by atoms with Gasteiger partial charge >= 0.3 is 0 Å². The Balaban J connectivity index is 0.00000400. The first-order valence-electron chi connectivity index (χ1n) is 6.56. The van der Waals surface area contributed by atoms with E-state index in [0.717, 1.165) is 0 Å². The van der Waals surface area contributed by atoms with E-state index >= 15 is 0 Å². The number of nitrogens with one attached hydrogen (secondary N) is 2. The van der Waals surface area contributed by atoms with Crippen LogP contribution < -0.4 is 16.4 Å². The Bertz CT molecular complexity index is 463. The van der Waals surface area contributed by atoms with Crippen LogP contribution >= 0.6 is 35.6 Å². The lowest BCUT2D eigenvalue weighted by atomic mass is 10.2. The summed E-state index contributed by atoms with van der Waals surface area (Å²) in [5.41, 5.74) is 6.26. The first-order valence-corrected chi connectivity index (χ1v) is 6.94. The van der Waals surface area contributed by atoms with Gasteiger partial charge in [-0.2, -0.15) is 0 Å². The third kappa shape index (κ3) is 8.77. The van der Waals surface area contributed by atoms with Crippen LogP contribution in [-0.4, -0.2) is 31.5 Å². The lowest BCUT2D eigenvalue weighted by Crippen LogP contribution is -2.38. The fraction of sp³-hybridized carbons (Fsp3) is 0.429. The zero-order valence-electron chi connectivity index (χ0n) is 12.2. The Kier molecular flexibility index (Phi) is 10.2. The van der Waals surface area contributed by atoms with Gasteiger partial charge in [-0.3, -0.25) is 9.79 Å². The maximum absolute atomic E-state index is 11.8. The maximum Gasteiger partial charge on any atom is 0.251 e. The quantitative estimate of drug-likeness (QED) is 0.284. The second-order valence-corrected chi connectivity index (χ2v) is 5.25. The molecule has 0 bridgehead atoms. The number of carbonyl (C=O) groups is 1. The minimum atomic E-state index is -0.138. The molecule has 0 aliphatic rings. The molecule has 1 aromatic carbocycles. The molecule has 0 radical (unpaired) electrons. The minimum Gasteiger partial charge on any atom is -0.370 e. The molecular weight excluding hydrogens is 403 g/mol. The van der Waals surface area contributed by atoms with Gasteiger partial charge in [-0.15, -0.1) is 24.0 Å². The van der Waals surface area contributed by atoms with Crippen molar-refractivity contribution < 1.29 is 4.79 Å². The fourth-order valence-electron chi connectivity index (χ4n) is 1.41. The summed E-state index contributed by atoms with van der Waals surface area (Å²) in [6.45, 7) is 5.84. The lowest BCUT2D eigenvalue weighted by Gasteiger charge is -2.08. The second-order valence-electron chi connectivity index (χ2n) is 4.81. The maximum atomic E-state index is 11.8. The Morgan fingerprint density at radius 1 is 1.24 bits per heavy atom. The number of nitrogens with zero attached hydrogens (tertiary/aromatic N) is 1. The molecule has 0 atom stereocenters. The number of hydrogen-bond acceptors (Lipinski definition) is 2. The van der Waals surface area contributed by atoms with E-state index in [9.17, 15) is 4.79 Å². The van der Waals surface area contributed by atoms with E-state index in [0.29, 0.717) is 42.1 Å². The molecule has 0 spiro atoms. The van der Waals surface area contributed by atoms with E-state index in [-0.39, 0.29) is 29.9 Å². The van der Waals surface area contributed by atoms with Gasteiger partial charge in [0.1, 0.15) is 0 Å². The average molecular weight is 425 g/mol. The smallest absolute Gasteiger partial charge is 0.251 e. The fourth-order valence-corrected chi connectivity index (χ4v) is 1.53. The number of amides is 1. The minimum absolute atomic E-state index is 0. The van der Waals surface area contributed by atoms with Gasteiger partial charge < -0.3 is 16.4 Å². The van der Waals surface area contributed by atoms with Gasteiger partial charge in [-0.05, 0) is 30.2 Å². The van der Waals surface area contributed by atoms with Gasteiger partial charge in [0.25, 0.3) is 5.91 Å². The highest BCUT2D eigenvalue weighted by atomic mass is 127. The molecule has 0 aromatic heterocycles. The summed E-state index contributed by atoms with van der Waals surface area (Å²) in [6, 6.07) is 6.74. The van der Waals surface area contributed by atoms with Gasteiger partial charge in [-0.1, -0.05) is 25.4 Å². The highest BCUT2D eigenvalue weighted by Gasteiger charge is 2.03. The first-order chi connectivity index (χ1) is 9.49. The Labute approximate surface area is 147 Å². The summed E-state index contributed by atoms with van der Waals surface area (Å²) in [4.78, 5) is 15.9. The van der Waals surface area contributed by atoms with E-state index in [1.807, 2.05) is 0 Å². The third-order valence-corrected chi connectivity index (χ3v) is 2.70. The molecule has 118 valence electrons. The molecule has 0 aliphatic carbocycles. The highest BCUT2D eigenvalue weighted by molar-refractivity contribution is 14.0. The molecule has 5 nitrogen and oxygen atoms in total. The van der Waals surface area contributed by atoms with Crippen LogP contribution in [0.3, 0.4) is 0 Å². The third-order valence-electron chi connectivity index (χ3n) is 2.45. The number of aliphatic imine (C=N–C) groups is 1. The molecule has 0 saturated carbocycles. The summed E-state index contributed by atoms with van der Waals surface area (Å²) >= 11 is 5.76. The molecule has 1 aromatic rings. The Hall–Kier alpha value is -1.02. The number of guanidine groups is 1. The molecule has 0 heterocycles. The summed E-state index contributed by atoms with van der Waals surface area (Å²) in [5, 5.41) is 6.34. The van der Waals surface area contributed by atoms with Crippen LogP contribution in [0, 0.1) is 5.92 Å². The lowest BCUT2D eigenvalue weighted by molar-refractivity contribution is 0.0954. The van der Waals surface area contributed by atoms with Crippen LogP contribution in [0.25, 0.3) is 0 Å². The van der Waals surface area contributed by atoms with Crippen molar-refractivity contribution in [2.75, 3.05) is 19.6 Å². The predicted molar refractivity (Wildman–Crippen MR) is 98.5 cm³/mol. The van der Waals surface area contributed by atoms with Crippen molar-refractivity contribution in [3.05, 3.63) is 34.9 Å². The van der Waals surface area contributed by atoms with Crippen molar-refractivity contribution in [2.24, 2.45) is 16.6 Å².